The molecule has 1 aromatic rings. The van der Waals surface area contributed by atoms with E-state index in [1.54, 1.807) is 4.90 Å². The second-order valence-electron chi connectivity index (χ2n) is 3.79. The van der Waals surface area contributed by atoms with Gasteiger partial charge in [-0.25, -0.2) is 0 Å². The Kier molecular flexibility index (Phi) is 2.73. The summed E-state index contributed by atoms with van der Waals surface area (Å²) in [7, 11) is 0. The van der Waals surface area contributed by atoms with Crippen LogP contribution in [-0.4, -0.2) is 23.9 Å². The second kappa shape index (κ2) is 4.18. The maximum atomic E-state index is 11.6. The highest BCUT2D eigenvalue weighted by Gasteiger charge is 2.29. The van der Waals surface area contributed by atoms with Crippen molar-refractivity contribution in [2.24, 2.45) is 0 Å². The third-order valence-corrected chi connectivity index (χ3v) is 2.77. The average Bonchev–Trinajstić information content (AvgIpc) is 2.63. The Morgan fingerprint density at radius 1 is 1.40 bits per heavy atom. The van der Waals surface area contributed by atoms with E-state index in [-0.39, 0.29) is 5.91 Å². The first-order valence-electron chi connectivity index (χ1n) is 5.07. The summed E-state index contributed by atoms with van der Waals surface area (Å²) in [4.78, 5) is 13.3. The van der Waals surface area contributed by atoms with Gasteiger partial charge in [0.25, 0.3) is 0 Å². The van der Waals surface area contributed by atoms with Crippen molar-refractivity contribution in [3.8, 4) is 12.3 Å². The maximum Gasteiger partial charge on any atom is 0.224 e. The van der Waals surface area contributed by atoms with E-state index in [1.165, 1.54) is 5.56 Å². The van der Waals surface area contributed by atoms with Gasteiger partial charge in [0.05, 0.1) is 6.54 Å². The first-order chi connectivity index (χ1) is 7.31. The number of rotatable bonds is 2. The van der Waals surface area contributed by atoms with Crippen LogP contribution in [0.25, 0.3) is 0 Å². The van der Waals surface area contributed by atoms with Gasteiger partial charge in [-0.05, 0) is 5.56 Å². The minimum absolute atomic E-state index is 0.168. The van der Waals surface area contributed by atoms with E-state index < -0.39 is 0 Å². The standard InChI is InChI=1S/C13H13NO/c1-2-8-14-10-12(9-13(14)15)11-6-4-3-5-7-11/h1,3-7,12H,8-10H2/t12-/m1/s1. The van der Waals surface area contributed by atoms with Gasteiger partial charge in [0.1, 0.15) is 0 Å². The largest absolute Gasteiger partial charge is 0.331 e. The van der Waals surface area contributed by atoms with Crippen molar-refractivity contribution in [2.75, 3.05) is 13.1 Å². The summed E-state index contributed by atoms with van der Waals surface area (Å²) in [6.45, 7) is 1.19. The minimum atomic E-state index is 0.168. The van der Waals surface area contributed by atoms with E-state index in [0.717, 1.165) is 6.54 Å². The quantitative estimate of drug-likeness (QED) is 0.663. The van der Waals surface area contributed by atoms with Crippen molar-refractivity contribution < 1.29 is 4.79 Å². The maximum absolute atomic E-state index is 11.6. The minimum Gasteiger partial charge on any atom is -0.331 e. The molecule has 1 heterocycles. The first-order valence-corrected chi connectivity index (χ1v) is 5.07. The lowest BCUT2D eigenvalue weighted by atomic mass is 9.99. The molecule has 1 aromatic carbocycles. The van der Waals surface area contributed by atoms with Gasteiger partial charge in [-0.15, -0.1) is 6.42 Å². The molecule has 2 heteroatoms. The SMILES string of the molecule is C#CCN1C[C@H](c2ccccc2)CC1=O. The van der Waals surface area contributed by atoms with E-state index in [0.29, 0.717) is 18.9 Å². The summed E-state index contributed by atoms with van der Waals surface area (Å²) in [5, 5.41) is 0. The zero-order chi connectivity index (χ0) is 10.7. The number of terminal acetylenes is 1. The summed E-state index contributed by atoms with van der Waals surface area (Å²) in [5.74, 6) is 3.00. The molecule has 0 saturated carbocycles. The summed E-state index contributed by atoms with van der Waals surface area (Å²) >= 11 is 0. The highest BCUT2D eigenvalue weighted by molar-refractivity contribution is 5.80. The summed E-state index contributed by atoms with van der Waals surface area (Å²) in [6, 6.07) is 10.1. The molecule has 0 radical (unpaired) electrons. The van der Waals surface area contributed by atoms with Gasteiger partial charge in [0.2, 0.25) is 5.91 Å². The van der Waals surface area contributed by atoms with Crippen LogP contribution in [-0.2, 0) is 4.79 Å². The second-order valence-corrected chi connectivity index (χ2v) is 3.79. The van der Waals surface area contributed by atoms with Crippen molar-refractivity contribution in [1.29, 1.82) is 0 Å². The van der Waals surface area contributed by atoms with Gasteiger partial charge >= 0.3 is 0 Å². The molecule has 1 amide bonds. The number of hydrogen-bond acceptors (Lipinski definition) is 1. The zero-order valence-electron chi connectivity index (χ0n) is 8.52. The fraction of sp³-hybridized carbons (Fsp3) is 0.308. The molecule has 0 unspecified atom stereocenters. The lowest BCUT2D eigenvalue weighted by Gasteiger charge is -2.12. The molecule has 1 saturated heterocycles. The summed E-state index contributed by atoms with van der Waals surface area (Å²) in [5.41, 5.74) is 1.23. The normalized spacial score (nSPS) is 20.3. The van der Waals surface area contributed by atoms with Crippen LogP contribution in [0.5, 0.6) is 0 Å². The van der Waals surface area contributed by atoms with Crippen molar-refractivity contribution in [2.45, 2.75) is 12.3 Å². The van der Waals surface area contributed by atoms with Crippen LogP contribution < -0.4 is 0 Å². The number of carbonyl (C=O) groups excluding carboxylic acids is 1. The monoisotopic (exact) mass is 199 g/mol. The van der Waals surface area contributed by atoms with E-state index in [9.17, 15) is 4.79 Å². The predicted molar refractivity (Wildman–Crippen MR) is 59.2 cm³/mol. The van der Waals surface area contributed by atoms with Crippen LogP contribution in [0.2, 0.25) is 0 Å². The van der Waals surface area contributed by atoms with Crippen molar-refractivity contribution in [1.82, 2.24) is 4.90 Å². The Morgan fingerprint density at radius 3 is 2.80 bits per heavy atom. The van der Waals surface area contributed by atoms with Gasteiger partial charge < -0.3 is 4.90 Å². The third-order valence-electron chi connectivity index (χ3n) is 2.77. The fourth-order valence-corrected chi connectivity index (χ4v) is 1.98. The third kappa shape index (κ3) is 2.02. The molecule has 0 bridgehead atoms. The summed E-state index contributed by atoms with van der Waals surface area (Å²) in [6.07, 6.45) is 5.80. The smallest absolute Gasteiger partial charge is 0.224 e. The van der Waals surface area contributed by atoms with Crippen molar-refractivity contribution in [3.05, 3.63) is 35.9 Å². The van der Waals surface area contributed by atoms with Crippen molar-refractivity contribution in [3.63, 3.8) is 0 Å². The number of benzene rings is 1. The lowest BCUT2D eigenvalue weighted by molar-refractivity contribution is -0.127. The molecule has 1 atom stereocenters. The zero-order valence-corrected chi connectivity index (χ0v) is 8.52. The van der Waals surface area contributed by atoms with Gasteiger partial charge in [-0.1, -0.05) is 36.3 Å². The molecular weight excluding hydrogens is 186 g/mol. The molecular formula is C13H13NO. The molecule has 1 aliphatic rings. The highest BCUT2D eigenvalue weighted by atomic mass is 16.2. The molecule has 2 rings (SSSR count). The van der Waals surface area contributed by atoms with Crippen LogP contribution in [0, 0.1) is 12.3 Å². The fourth-order valence-electron chi connectivity index (χ4n) is 1.98. The van der Waals surface area contributed by atoms with Crippen LogP contribution >= 0.6 is 0 Å². The molecule has 2 nitrogen and oxygen atoms in total. The first kappa shape index (κ1) is 9.79. The Balaban J connectivity index is 2.10. The molecule has 0 N–H and O–H groups in total. The van der Waals surface area contributed by atoms with E-state index in [1.807, 2.05) is 18.2 Å². The van der Waals surface area contributed by atoms with Gasteiger partial charge in [-0.2, -0.15) is 0 Å². The molecule has 0 spiro atoms. The van der Waals surface area contributed by atoms with Gasteiger partial charge in [0, 0.05) is 18.9 Å². The number of likely N-dealkylation sites (tertiary alicyclic amines) is 1. The lowest BCUT2D eigenvalue weighted by Crippen LogP contribution is -2.25. The van der Waals surface area contributed by atoms with Crippen LogP contribution in [0.1, 0.15) is 17.9 Å². The van der Waals surface area contributed by atoms with Crippen LogP contribution in [0.3, 0.4) is 0 Å². The molecule has 15 heavy (non-hydrogen) atoms. The molecule has 1 fully saturated rings. The van der Waals surface area contributed by atoms with Crippen LogP contribution in [0.4, 0.5) is 0 Å². The van der Waals surface area contributed by atoms with E-state index in [4.69, 9.17) is 6.42 Å². The Labute approximate surface area is 89.9 Å². The van der Waals surface area contributed by atoms with Gasteiger partial charge in [0.15, 0.2) is 0 Å². The molecule has 0 aliphatic carbocycles. The summed E-state index contributed by atoms with van der Waals surface area (Å²) < 4.78 is 0. The number of carbonyl (C=O) groups is 1. The number of nitrogens with zero attached hydrogens (tertiary/aromatic N) is 1. The Hall–Kier alpha value is -1.75. The van der Waals surface area contributed by atoms with Crippen molar-refractivity contribution >= 4 is 5.91 Å². The number of amides is 1. The molecule has 76 valence electrons. The van der Waals surface area contributed by atoms with Gasteiger partial charge in [-0.3, -0.25) is 4.79 Å². The topological polar surface area (TPSA) is 20.3 Å². The highest BCUT2D eigenvalue weighted by Crippen LogP contribution is 2.27. The predicted octanol–water partition coefficient (Wildman–Crippen LogP) is 1.64. The average molecular weight is 199 g/mol. The van der Waals surface area contributed by atoms with E-state index >= 15 is 0 Å². The Morgan fingerprint density at radius 2 is 2.13 bits per heavy atom. The molecule has 1 aliphatic heterocycles. The number of hydrogen-bond donors (Lipinski definition) is 0. The Bertz CT molecular complexity index is 391. The molecule has 0 aromatic heterocycles. The van der Waals surface area contributed by atoms with E-state index in [2.05, 4.69) is 18.1 Å². The van der Waals surface area contributed by atoms with Crippen LogP contribution in [0.15, 0.2) is 30.3 Å².